The summed E-state index contributed by atoms with van der Waals surface area (Å²) in [5, 5.41) is 0. The summed E-state index contributed by atoms with van der Waals surface area (Å²) in [6.45, 7) is 6.56. The maximum Gasteiger partial charge on any atom is 0.306 e. The van der Waals surface area contributed by atoms with Crippen molar-refractivity contribution in [2.75, 3.05) is 13.2 Å². The summed E-state index contributed by atoms with van der Waals surface area (Å²) >= 11 is 0. The third-order valence-electron chi connectivity index (χ3n) is 15.5. The first-order valence-corrected chi connectivity index (χ1v) is 34.8. The molecule has 0 radical (unpaired) electrons. The summed E-state index contributed by atoms with van der Waals surface area (Å²) in [7, 11) is 0. The minimum absolute atomic E-state index is 0.0822. The van der Waals surface area contributed by atoms with Crippen molar-refractivity contribution in [3.8, 4) is 0 Å². The summed E-state index contributed by atoms with van der Waals surface area (Å²) in [5.41, 5.74) is 0. The summed E-state index contributed by atoms with van der Waals surface area (Å²) in [5.74, 6) is -0.889. The van der Waals surface area contributed by atoms with Crippen molar-refractivity contribution in [2.45, 2.75) is 374 Å². The van der Waals surface area contributed by atoms with Gasteiger partial charge in [-0.25, -0.2) is 0 Å². The van der Waals surface area contributed by atoms with Gasteiger partial charge in [-0.3, -0.25) is 14.4 Å². The van der Waals surface area contributed by atoms with E-state index in [1.807, 2.05) is 0 Å². The monoisotopic (exact) mass is 1110 g/mol. The first kappa shape index (κ1) is 76.1. The number of carbonyl (C=O) groups excluding carboxylic acids is 3. The van der Waals surface area contributed by atoms with Crippen molar-refractivity contribution in [1.82, 2.24) is 0 Å². The molecule has 0 rings (SSSR count). The van der Waals surface area contributed by atoms with Crippen LogP contribution < -0.4 is 0 Å². The zero-order chi connectivity index (χ0) is 57.1. The van der Waals surface area contributed by atoms with Gasteiger partial charge in [0, 0.05) is 19.3 Å². The lowest BCUT2D eigenvalue weighted by Crippen LogP contribution is -2.30. The highest BCUT2D eigenvalue weighted by molar-refractivity contribution is 5.71. The molecule has 460 valence electrons. The second-order valence-electron chi connectivity index (χ2n) is 23.4. The molecule has 0 amide bonds. The molecular formula is C73H132O6. The highest BCUT2D eigenvalue weighted by Gasteiger charge is 2.19. The molecule has 0 aromatic heterocycles. The first-order chi connectivity index (χ1) is 39.0. The normalized spacial score (nSPS) is 12.4. The van der Waals surface area contributed by atoms with E-state index in [9.17, 15) is 14.4 Å². The summed E-state index contributed by atoms with van der Waals surface area (Å²) in [4.78, 5) is 38.4. The predicted molar refractivity (Wildman–Crippen MR) is 344 cm³/mol. The van der Waals surface area contributed by atoms with E-state index in [-0.39, 0.29) is 31.1 Å². The Morgan fingerprint density at radius 2 is 0.494 bits per heavy atom. The van der Waals surface area contributed by atoms with Crippen LogP contribution in [0.2, 0.25) is 0 Å². The Kier molecular flexibility index (Phi) is 65.1. The smallest absolute Gasteiger partial charge is 0.306 e. The number of carbonyl (C=O) groups is 3. The Labute approximate surface area is 491 Å². The van der Waals surface area contributed by atoms with Crippen molar-refractivity contribution in [3.05, 3.63) is 60.8 Å². The highest BCUT2D eigenvalue weighted by Crippen LogP contribution is 2.18. The zero-order valence-corrected chi connectivity index (χ0v) is 52.9. The average molecular weight is 1110 g/mol. The zero-order valence-electron chi connectivity index (χ0n) is 52.9. The van der Waals surface area contributed by atoms with Crippen molar-refractivity contribution >= 4 is 17.9 Å². The van der Waals surface area contributed by atoms with Gasteiger partial charge in [0.2, 0.25) is 0 Å². The Balaban J connectivity index is 4.28. The molecule has 6 heteroatoms. The predicted octanol–water partition coefficient (Wildman–Crippen LogP) is 23.9. The van der Waals surface area contributed by atoms with Crippen molar-refractivity contribution in [2.24, 2.45) is 0 Å². The molecule has 6 nitrogen and oxygen atoms in total. The second kappa shape index (κ2) is 67.6. The van der Waals surface area contributed by atoms with Crippen LogP contribution in [-0.4, -0.2) is 37.2 Å². The lowest BCUT2D eigenvalue weighted by molar-refractivity contribution is -0.167. The third kappa shape index (κ3) is 65.8. The molecule has 0 N–H and O–H groups in total. The Morgan fingerprint density at radius 1 is 0.266 bits per heavy atom. The summed E-state index contributed by atoms with van der Waals surface area (Å²) in [6, 6.07) is 0. The van der Waals surface area contributed by atoms with Gasteiger partial charge in [-0.1, -0.05) is 326 Å². The van der Waals surface area contributed by atoms with E-state index >= 15 is 0 Å². The Bertz CT molecular complexity index is 1410. The van der Waals surface area contributed by atoms with E-state index in [1.165, 1.54) is 231 Å². The van der Waals surface area contributed by atoms with Crippen LogP contribution >= 0.6 is 0 Å². The van der Waals surface area contributed by atoms with E-state index in [0.717, 1.165) is 96.3 Å². The van der Waals surface area contributed by atoms with Crippen LogP contribution in [0.3, 0.4) is 0 Å². The number of ether oxygens (including phenoxy) is 3. The van der Waals surface area contributed by atoms with Crippen molar-refractivity contribution < 1.29 is 28.6 Å². The third-order valence-corrected chi connectivity index (χ3v) is 15.5. The quantitative estimate of drug-likeness (QED) is 0.0261. The molecule has 0 spiro atoms. The molecule has 0 aromatic carbocycles. The van der Waals surface area contributed by atoms with Gasteiger partial charge in [0.25, 0.3) is 0 Å². The molecule has 0 bridgehead atoms. The van der Waals surface area contributed by atoms with Gasteiger partial charge in [-0.05, 0) is 83.5 Å². The van der Waals surface area contributed by atoms with Gasteiger partial charge in [0.05, 0.1) is 0 Å². The van der Waals surface area contributed by atoms with Crippen LogP contribution in [0.15, 0.2) is 60.8 Å². The second-order valence-corrected chi connectivity index (χ2v) is 23.4. The minimum atomic E-state index is -0.789. The lowest BCUT2D eigenvalue weighted by Gasteiger charge is -2.18. The topological polar surface area (TPSA) is 78.9 Å². The fourth-order valence-corrected chi connectivity index (χ4v) is 10.3. The van der Waals surface area contributed by atoms with Crippen LogP contribution in [-0.2, 0) is 28.6 Å². The number of esters is 3. The molecule has 0 saturated carbocycles. The largest absolute Gasteiger partial charge is 0.462 e. The summed E-state index contributed by atoms with van der Waals surface area (Å²) < 4.78 is 17.0. The van der Waals surface area contributed by atoms with Crippen LogP contribution in [0.1, 0.15) is 367 Å². The molecule has 0 aliphatic rings. The highest BCUT2D eigenvalue weighted by atomic mass is 16.6. The molecule has 0 saturated heterocycles. The van der Waals surface area contributed by atoms with E-state index < -0.39 is 6.10 Å². The van der Waals surface area contributed by atoms with Crippen molar-refractivity contribution in [1.29, 1.82) is 0 Å². The molecular weight excluding hydrogens is 973 g/mol. The van der Waals surface area contributed by atoms with Gasteiger partial charge in [0.15, 0.2) is 6.10 Å². The number of unbranched alkanes of at least 4 members (excludes halogenated alkanes) is 43. The lowest BCUT2D eigenvalue weighted by atomic mass is 10.0. The molecule has 0 fully saturated rings. The molecule has 0 heterocycles. The van der Waals surface area contributed by atoms with E-state index in [0.29, 0.717) is 19.3 Å². The SMILES string of the molecule is CC/C=C\C/C=C\C/C=C\C/C=C\CCCCCCC(=O)OC(COC(=O)CCCCCCCCC/C=C\CCCCCCCC)COC(=O)CCCCCCCCCCCCCCCCCCCCCCCCCCCCC. The number of allylic oxidation sites excluding steroid dienone is 10. The molecule has 1 atom stereocenters. The standard InChI is InChI=1S/C73H132O6/c1-4-7-10-13-16-19-22-25-28-31-32-33-34-35-36-37-38-39-40-43-45-48-51-54-57-60-63-66-72(75)78-69-70(79-73(76)67-64-61-58-55-52-49-46-42-30-27-24-21-18-15-12-9-6-3)68-77-71(74)65-62-59-56-53-50-47-44-41-29-26-23-20-17-14-11-8-5-2/h9,12,18,21,26-27,29-30,46,49,70H,4-8,10-11,13-17,19-20,22-25,28,31-45,47-48,50-69H2,1-3H3/b12-9-,21-18-,29-26-,30-27-,49-46-. The number of rotatable bonds is 64. The van der Waals surface area contributed by atoms with Gasteiger partial charge >= 0.3 is 17.9 Å². The van der Waals surface area contributed by atoms with Gasteiger partial charge in [-0.15, -0.1) is 0 Å². The van der Waals surface area contributed by atoms with Crippen LogP contribution in [0, 0.1) is 0 Å². The fourth-order valence-electron chi connectivity index (χ4n) is 10.3. The average Bonchev–Trinajstić information content (AvgIpc) is 3.45. The van der Waals surface area contributed by atoms with E-state index in [1.54, 1.807) is 0 Å². The van der Waals surface area contributed by atoms with Crippen LogP contribution in [0.25, 0.3) is 0 Å². The van der Waals surface area contributed by atoms with Gasteiger partial charge < -0.3 is 14.2 Å². The molecule has 1 unspecified atom stereocenters. The van der Waals surface area contributed by atoms with Crippen LogP contribution in [0.4, 0.5) is 0 Å². The maximum absolute atomic E-state index is 12.9. The first-order valence-electron chi connectivity index (χ1n) is 34.8. The maximum atomic E-state index is 12.9. The van der Waals surface area contributed by atoms with E-state index in [4.69, 9.17) is 14.2 Å². The minimum Gasteiger partial charge on any atom is -0.462 e. The van der Waals surface area contributed by atoms with Gasteiger partial charge in [-0.2, -0.15) is 0 Å². The molecule has 0 aromatic rings. The molecule has 79 heavy (non-hydrogen) atoms. The molecule has 0 aliphatic heterocycles. The molecule has 0 aliphatic carbocycles. The Morgan fingerprint density at radius 3 is 0.785 bits per heavy atom. The van der Waals surface area contributed by atoms with E-state index in [2.05, 4.69) is 81.5 Å². The number of hydrogen-bond donors (Lipinski definition) is 0. The van der Waals surface area contributed by atoms with Crippen molar-refractivity contribution in [3.63, 3.8) is 0 Å². The van der Waals surface area contributed by atoms with Crippen LogP contribution in [0.5, 0.6) is 0 Å². The van der Waals surface area contributed by atoms with Gasteiger partial charge in [0.1, 0.15) is 13.2 Å². The number of hydrogen-bond acceptors (Lipinski definition) is 6. The Hall–Kier alpha value is -2.89. The fraction of sp³-hybridized carbons (Fsp3) is 0.822. The summed E-state index contributed by atoms with van der Waals surface area (Å²) in [6.07, 6.45) is 86.8.